The molecule has 0 N–H and O–H groups in total. The van der Waals surface area contributed by atoms with Gasteiger partial charge in [0.2, 0.25) is 5.91 Å². The molecular weight excluding hydrogens is 386 g/mol. The van der Waals surface area contributed by atoms with Crippen molar-refractivity contribution in [3.8, 4) is 5.75 Å². The van der Waals surface area contributed by atoms with Gasteiger partial charge in [0.25, 0.3) is 0 Å². The predicted octanol–water partition coefficient (Wildman–Crippen LogP) is 5.06. The van der Waals surface area contributed by atoms with E-state index in [-0.39, 0.29) is 5.91 Å². The number of rotatable bonds is 6. The fraction of sp³-hybridized carbons (Fsp3) is 0.391. The minimum atomic E-state index is 0.231. The summed E-state index contributed by atoms with van der Waals surface area (Å²) in [7, 11) is 0. The van der Waals surface area contributed by atoms with Crippen molar-refractivity contribution < 1.29 is 9.53 Å². The Bertz CT molecular complexity index is 960. The number of hydrogen-bond donors (Lipinski definition) is 0. The molecule has 0 radical (unpaired) electrons. The standard InChI is InChI=1S/C23H26ClN3O2/c24-18-9-11-19(12-10-18)29-17-22-25-20-7-3-4-8-21(20)27(22)16-13-23(28)26-14-5-1-2-6-15-26/h3-4,7-12H,1-2,5-6,13-17H2. The molecule has 0 saturated carbocycles. The molecule has 1 aliphatic heterocycles. The monoisotopic (exact) mass is 411 g/mol. The van der Waals surface area contributed by atoms with Gasteiger partial charge >= 0.3 is 0 Å². The van der Waals surface area contributed by atoms with Gasteiger partial charge in [0, 0.05) is 31.1 Å². The van der Waals surface area contributed by atoms with E-state index in [2.05, 4.69) is 4.57 Å². The zero-order valence-electron chi connectivity index (χ0n) is 16.5. The lowest BCUT2D eigenvalue weighted by atomic mass is 10.2. The minimum absolute atomic E-state index is 0.231. The van der Waals surface area contributed by atoms with Crippen LogP contribution in [0.25, 0.3) is 11.0 Å². The number of fused-ring (bicyclic) bond motifs is 1. The molecule has 0 aliphatic carbocycles. The Morgan fingerprint density at radius 1 is 1.00 bits per heavy atom. The average molecular weight is 412 g/mol. The molecule has 2 aromatic carbocycles. The van der Waals surface area contributed by atoms with Crippen LogP contribution in [0.1, 0.15) is 37.9 Å². The maximum atomic E-state index is 12.8. The van der Waals surface area contributed by atoms with Gasteiger partial charge in [-0.1, -0.05) is 36.6 Å². The molecule has 0 atom stereocenters. The molecule has 1 aliphatic rings. The molecule has 0 unspecified atom stereocenters. The Kier molecular flexibility index (Phi) is 6.35. The molecule has 1 amide bonds. The highest BCUT2D eigenvalue weighted by atomic mass is 35.5. The first kappa shape index (κ1) is 19.8. The number of para-hydroxylation sites is 2. The number of ether oxygens (including phenoxy) is 1. The number of carbonyl (C=O) groups is 1. The third-order valence-electron chi connectivity index (χ3n) is 5.42. The Balaban J connectivity index is 1.48. The van der Waals surface area contributed by atoms with Crippen molar-refractivity contribution in [2.24, 2.45) is 0 Å². The minimum Gasteiger partial charge on any atom is -0.486 e. The Labute approximate surface area is 176 Å². The zero-order valence-corrected chi connectivity index (χ0v) is 17.3. The van der Waals surface area contributed by atoms with Crippen LogP contribution in [0.5, 0.6) is 5.75 Å². The van der Waals surface area contributed by atoms with Crippen molar-refractivity contribution in [2.75, 3.05) is 13.1 Å². The van der Waals surface area contributed by atoms with E-state index in [4.69, 9.17) is 21.3 Å². The first-order chi connectivity index (χ1) is 14.2. The number of aromatic nitrogens is 2. The van der Waals surface area contributed by atoms with Gasteiger partial charge in [0.1, 0.15) is 18.2 Å². The van der Waals surface area contributed by atoms with Crippen molar-refractivity contribution in [2.45, 2.75) is 45.3 Å². The quantitative estimate of drug-likeness (QED) is 0.569. The second kappa shape index (κ2) is 9.31. The van der Waals surface area contributed by atoms with E-state index in [1.165, 1.54) is 12.8 Å². The summed E-state index contributed by atoms with van der Waals surface area (Å²) in [5.74, 6) is 1.80. The molecule has 0 spiro atoms. The topological polar surface area (TPSA) is 47.4 Å². The van der Waals surface area contributed by atoms with E-state index in [0.29, 0.717) is 24.6 Å². The molecule has 6 heteroatoms. The first-order valence-electron chi connectivity index (χ1n) is 10.3. The zero-order chi connectivity index (χ0) is 20.1. The van der Waals surface area contributed by atoms with Crippen LogP contribution in [0.4, 0.5) is 0 Å². The first-order valence-corrected chi connectivity index (χ1v) is 10.7. The Morgan fingerprint density at radius 3 is 2.48 bits per heavy atom. The number of hydrogen-bond acceptors (Lipinski definition) is 3. The number of imidazole rings is 1. The Morgan fingerprint density at radius 2 is 1.72 bits per heavy atom. The molecule has 152 valence electrons. The van der Waals surface area contributed by atoms with E-state index in [1.54, 1.807) is 12.1 Å². The maximum absolute atomic E-state index is 12.8. The van der Waals surface area contributed by atoms with Gasteiger partial charge in [-0.2, -0.15) is 0 Å². The van der Waals surface area contributed by atoms with Crippen molar-refractivity contribution in [3.05, 3.63) is 59.4 Å². The summed E-state index contributed by atoms with van der Waals surface area (Å²) in [6, 6.07) is 15.3. The highest BCUT2D eigenvalue weighted by Gasteiger charge is 2.17. The number of benzene rings is 2. The van der Waals surface area contributed by atoms with Crippen LogP contribution in [0.3, 0.4) is 0 Å². The van der Waals surface area contributed by atoms with Crippen LogP contribution >= 0.6 is 11.6 Å². The van der Waals surface area contributed by atoms with Gasteiger partial charge in [-0.25, -0.2) is 4.98 Å². The summed E-state index contributed by atoms with van der Waals surface area (Å²) in [5.41, 5.74) is 1.95. The number of nitrogens with zero attached hydrogens (tertiary/aromatic N) is 3. The Hall–Kier alpha value is -2.53. The highest BCUT2D eigenvalue weighted by molar-refractivity contribution is 6.30. The second-order valence-electron chi connectivity index (χ2n) is 7.46. The van der Waals surface area contributed by atoms with Gasteiger partial charge in [0.05, 0.1) is 11.0 Å². The largest absolute Gasteiger partial charge is 0.486 e. The lowest BCUT2D eigenvalue weighted by Crippen LogP contribution is -2.32. The summed E-state index contributed by atoms with van der Waals surface area (Å²) >= 11 is 5.94. The van der Waals surface area contributed by atoms with E-state index in [1.807, 2.05) is 41.3 Å². The van der Waals surface area contributed by atoms with E-state index < -0.39 is 0 Å². The van der Waals surface area contributed by atoms with E-state index >= 15 is 0 Å². The maximum Gasteiger partial charge on any atom is 0.224 e. The summed E-state index contributed by atoms with van der Waals surface area (Å²) in [5, 5.41) is 0.677. The second-order valence-corrected chi connectivity index (χ2v) is 7.89. The number of halogens is 1. The lowest BCUT2D eigenvalue weighted by Gasteiger charge is -2.20. The van der Waals surface area contributed by atoms with Crippen molar-refractivity contribution in [1.82, 2.24) is 14.5 Å². The van der Waals surface area contributed by atoms with Crippen LogP contribution in [-0.2, 0) is 17.9 Å². The fourth-order valence-electron chi connectivity index (χ4n) is 3.85. The third-order valence-corrected chi connectivity index (χ3v) is 5.68. The van der Waals surface area contributed by atoms with Crippen LogP contribution in [0.2, 0.25) is 5.02 Å². The summed E-state index contributed by atoms with van der Waals surface area (Å²) in [6.45, 7) is 2.72. The van der Waals surface area contributed by atoms with E-state index in [9.17, 15) is 4.79 Å². The van der Waals surface area contributed by atoms with Gasteiger partial charge in [0.15, 0.2) is 0 Å². The van der Waals surface area contributed by atoms with Crippen molar-refractivity contribution in [3.63, 3.8) is 0 Å². The molecule has 1 saturated heterocycles. The predicted molar refractivity (Wildman–Crippen MR) is 115 cm³/mol. The van der Waals surface area contributed by atoms with Crippen molar-refractivity contribution >= 4 is 28.5 Å². The van der Waals surface area contributed by atoms with Gasteiger partial charge in [-0.3, -0.25) is 4.79 Å². The normalized spacial score (nSPS) is 14.7. The van der Waals surface area contributed by atoms with Gasteiger partial charge in [-0.05, 0) is 49.2 Å². The van der Waals surface area contributed by atoms with Crippen LogP contribution in [0, 0.1) is 0 Å². The van der Waals surface area contributed by atoms with Crippen LogP contribution < -0.4 is 4.74 Å². The highest BCUT2D eigenvalue weighted by Crippen LogP contribution is 2.21. The van der Waals surface area contributed by atoms with Gasteiger partial charge in [-0.15, -0.1) is 0 Å². The molecule has 3 aromatic rings. The van der Waals surface area contributed by atoms with Crippen LogP contribution in [0.15, 0.2) is 48.5 Å². The van der Waals surface area contributed by atoms with Crippen molar-refractivity contribution in [1.29, 1.82) is 0 Å². The van der Waals surface area contributed by atoms with Gasteiger partial charge < -0.3 is 14.2 Å². The van der Waals surface area contributed by atoms with E-state index in [0.717, 1.165) is 48.5 Å². The third kappa shape index (κ3) is 4.91. The number of amides is 1. The molecule has 29 heavy (non-hydrogen) atoms. The number of carbonyl (C=O) groups excluding carboxylic acids is 1. The lowest BCUT2D eigenvalue weighted by molar-refractivity contribution is -0.131. The molecule has 2 heterocycles. The number of aryl methyl sites for hydroxylation is 1. The summed E-state index contributed by atoms with van der Waals surface area (Å²) < 4.78 is 8.03. The average Bonchev–Trinajstić information content (AvgIpc) is 2.90. The molecule has 4 rings (SSSR count). The molecule has 1 fully saturated rings. The number of likely N-dealkylation sites (tertiary alicyclic amines) is 1. The van der Waals surface area contributed by atoms with Crippen LogP contribution in [-0.4, -0.2) is 33.4 Å². The SMILES string of the molecule is O=C(CCn1c(COc2ccc(Cl)cc2)nc2ccccc21)N1CCCCCC1. The molecular formula is C23H26ClN3O2. The fourth-order valence-corrected chi connectivity index (χ4v) is 3.98. The summed E-state index contributed by atoms with van der Waals surface area (Å²) in [6.07, 6.45) is 5.15. The summed E-state index contributed by atoms with van der Waals surface area (Å²) in [4.78, 5) is 19.5. The molecule has 0 bridgehead atoms. The smallest absolute Gasteiger partial charge is 0.224 e. The molecule has 5 nitrogen and oxygen atoms in total. The molecule has 1 aromatic heterocycles.